The zero-order valence-electron chi connectivity index (χ0n) is 16.9. The Hall–Kier alpha value is -3.00. The molecule has 0 bridgehead atoms. The predicted molar refractivity (Wildman–Crippen MR) is 113 cm³/mol. The van der Waals surface area contributed by atoms with Crippen LogP contribution in [0.15, 0.2) is 54.9 Å². The Morgan fingerprint density at radius 1 is 1.16 bits per heavy atom. The van der Waals surface area contributed by atoms with Gasteiger partial charge in [0.25, 0.3) is 0 Å². The van der Waals surface area contributed by atoms with Crippen molar-refractivity contribution in [1.82, 2.24) is 25.1 Å². The lowest BCUT2D eigenvalue weighted by atomic mass is 9.90. The van der Waals surface area contributed by atoms with Crippen LogP contribution in [0, 0.1) is 11.7 Å². The fraction of sp³-hybridized carbons (Fsp3) is 0.364. The van der Waals surface area contributed by atoms with E-state index in [4.69, 9.17) is 16.3 Å². The third-order valence-electron chi connectivity index (χ3n) is 5.53. The molecule has 162 valence electrons. The second kappa shape index (κ2) is 9.87. The van der Waals surface area contributed by atoms with Gasteiger partial charge in [-0.2, -0.15) is 4.80 Å². The normalized spacial score (nSPS) is 15.6. The lowest BCUT2D eigenvalue weighted by Crippen LogP contribution is -2.40. The van der Waals surface area contributed by atoms with Gasteiger partial charge >= 0.3 is 6.09 Å². The van der Waals surface area contributed by atoms with E-state index in [1.165, 1.54) is 23.3 Å². The molecule has 0 aliphatic carbocycles. The van der Waals surface area contributed by atoms with Gasteiger partial charge in [-0.1, -0.05) is 41.9 Å². The van der Waals surface area contributed by atoms with Crippen LogP contribution in [0.25, 0.3) is 0 Å². The second-order valence-electron chi connectivity index (χ2n) is 7.65. The van der Waals surface area contributed by atoms with E-state index in [1.807, 2.05) is 30.3 Å². The van der Waals surface area contributed by atoms with Crippen molar-refractivity contribution in [2.24, 2.45) is 5.92 Å². The average molecular weight is 444 g/mol. The molecule has 1 aliphatic heterocycles. The van der Waals surface area contributed by atoms with E-state index < -0.39 is 6.10 Å². The predicted octanol–water partition coefficient (Wildman–Crippen LogP) is 4.30. The number of hydrogen-bond donors (Lipinski definition) is 0. The highest BCUT2D eigenvalue weighted by molar-refractivity contribution is 6.31. The van der Waals surface area contributed by atoms with Gasteiger partial charge in [0.1, 0.15) is 12.4 Å². The van der Waals surface area contributed by atoms with Crippen molar-refractivity contribution in [2.75, 3.05) is 13.1 Å². The Morgan fingerprint density at radius 3 is 2.58 bits per heavy atom. The molecular weight excluding hydrogens is 421 g/mol. The van der Waals surface area contributed by atoms with Crippen molar-refractivity contribution in [1.29, 1.82) is 0 Å². The van der Waals surface area contributed by atoms with E-state index in [9.17, 15) is 9.18 Å². The van der Waals surface area contributed by atoms with Gasteiger partial charge < -0.3 is 9.64 Å². The molecule has 1 aliphatic rings. The van der Waals surface area contributed by atoms with Crippen LogP contribution in [0.4, 0.5) is 9.18 Å². The number of piperidine rings is 1. The van der Waals surface area contributed by atoms with Crippen LogP contribution in [-0.2, 0) is 17.7 Å². The first kappa shape index (κ1) is 21.2. The number of carbonyl (C=O) groups is 1. The third kappa shape index (κ3) is 5.58. The molecule has 1 saturated heterocycles. The minimum atomic E-state index is -0.632. The van der Waals surface area contributed by atoms with Gasteiger partial charge in [0.15, 0.2) is 12.4 Å². The highest BCUT2D eigenvalue weighted by Gasteiger charge is 2.28. The number of ether oxygens (including phenoxy) is 1. The molecule has 0 radical (unpaired) electrons. The van der Waals surface area contributed by atoms with Gasteiger partial charge in [-0.3, -0.25) is 0 Å². The van der Waals surface area contributed by atoms with Gasteiger partial charge in [-0.05, 0) is 54.2 Å². The number of rotatable bonds is 6. The maximum Gasteiger partial charge on any atom is 0.410 e. The first-order valence-corrected chi connectivity index (χ1v) is 10.6. The van der Waals surface area contributed by atoms with Gasteiger partial charge in [-0.15, -0.1) is 10.2 Å². The number of likely N-dealkylation sites (tertiary alicyclic amines) is 1. The Kier molecular flexibility index (Phi) is 6.76. The summed E-state index contributed by atoms with van der Waals surface area (Å²) in [6.07, 6.45) is 2.93. The fourth-order valence-corrected chi connectivity index (χ4v) is 4.08. The summed E-state index contributed by atoms with van der Waals surface area (Å²) in [4.78, 5) is 16.0. The highest BCUT2D eigenvalue weighted by atomic mass is 35.5. The summed E-state index contributed by atoms with van der Waals surface area (Å²) in [6.45, 7) is 1.44. The van der Waals surface area contributed by atoms with Crippen LogP contribution in [0.1, 0.15) is 30.1 Å². The number of amides is 1. The van der Waals surface area contributed by atoms with Crippen molar-refractivity contribution in [3.63, 3.8) is 0 Å². The number of carbonyl (C=O) groups excluding carboxylic acids is 1. The molecule has 31 heavy (non-hydrogen) atoms. The van der Waals surface area contributed by atoms with Crippen molar-refractivity contribution >= 4 is 17.7 Å². The first-order chi connectivity index (χ1) is 15.1. The third-order valence-corrected chi connectivity index (χ3v) is 5.87. The van der Waals surface area contributed by atoms with Crippen molar-refractivity contribution in [3.05, 3.63) is 76.8 Å². The van der Waals surface area contributed by atoms with Gasteiger partial charge in [-0.25, -0.2) is 9.18 Å². The van der Waals surface area contributed by atoms with E-state index in [1.54, 1.807) is 11.0 Å². The lowest BCUT2D eigenvalue weighted by molar-refractivity contribution is 0.0420. The zero-order chi connectivity index (χ0) is 21.6. The molecule has 4 rings (SSSR count). The number of benzene rings is 2. The average Bonchev–Trinajstić information content (AvgIpc) is 3.29. The molecule has 9 heteroatoms. The first-order valence-electron chi connectivity index (χ1n) is 10.2. The van der Waals surface area contributed by atoms with Gasteiger partial charge in [0.2, 0.25) is 0 Å². The summed E-state index contributed by atoms with van der Waals surface area (Å²) in [5.41, 5.74) is 1.81. The molecular formula is C22H23ClFN5O2. The van der Waals surface area contributed by atoms with Crippen molar-refractivity contribution in [2.45, 2.75) is 31.9 Å². The van der Waals surface area contributed by atoms with Crippen LogP contribution in [0.2, 0.25) is 5.02 Å². The molecule has 0 spiro atoms. The standard InChI is InChI=1S/C22H23ClFN5O2/c23-20-4-2-1-3-19(20)21(14-29-26-15-25-27-29)31-22(30)28-11-9-17(10-12-28)13-16-5-7-18(24)8-6-16/h1-8,15,17,21H,9-14H2. The van der Waals surface area contributed by atoms with Crippen LogP contribution in [-0.4, -0.2) is 44.3 Å². The quantitative estimate of drug-likeness (QED) is 0.568. The Labute approximate surface area is 184 Å². The molecule has 7 nitrogen and oxygen atoms in total. The van der Waals surface area contributed by atoms with Crippen molar-refractivity contribution < 1.29 is 13.9 Å². The topological polar surface area (TPSA) is 73.1 Å². The van der Waals surface area contributed by atoms with E-state index in [-0.39, 0.29) is 18.5 Å². The molecule has 0 saturated carbocycles. The SMILES string of the molecule is O=C(OC(Cn1ncnn1)c1ccccc1Cl)N1CCC(Cc2ccc(F)cc2)CC1. The van der Waals surface area contributed by atoms with Crippen LogP contribution >= 0.6 is 11.6 Å². The summed E-state index contributed by atoms with van der Waals surface area (Å²) in [7, 11) is 0. The van der Waals surface area contributed by atoms with E-state index in [2.05, 4.69) is 15.4 Å². The molecule has 1 aromatic heterocycles. The maximum absolute atomic E-state index is 13.1. The monoisotopic (exact) mass is 443 g/mol. The number of nitrogens with zero attached hydrogens (tertiary/aromatic N) is 5. The summed E-state index contributed by atoms with van der Waals surface area (Å²) >= 11 is 6.34. The Morgan fingerprint density at radius 2 is 1.90 bits per heavy atom. The van der Waals surface area contributed by atoms with E-state index in [0.29, 0.717) is 29.6 Å². The molecule has 0 N–H and O–H groups in total. The minimum Gasteiger partial charge on any atom is -0.439 e. The van der Waals surface area contributed by atoms with E-state index >= 15 is 0 Å². The van der Waals surface area contributed by atoms with Crippen LogP contribution in [0.3, 0.4) is 0 Å². The fourth-order valence-electron chi connectivity index (χ4n) is 3.83. The summed E-state index contributed by atoms with van der Waals surface area (Å²) < 4.78 is 18.9. The number of tetrazole rings is 1. The number of aromatic nitrogens is 4. The molecule has 2 aromatic carbocycles. The second-order valence-corrected chi connectivity index (χ2v) is 8.05. The minimum absolute atomic E-state index is 0.219. The summed E-state index contributed by atoms with van der Waals surface area (Å²) in [5, 5.41) is 12.1. The molecule has 3 aromatic rings. The molecule has 1 amide bonds. The van der Waals surface area contributed by atoms with Gasteiger partial charge in [0, 0.05) is 23.7 Å². The van der Waals surface area contributed by atoms with Crippen molar-refractivity contribution in [3.8, 4) is 0 Å². The number of halogens is 2. The largest absolute Gasteiger partial charge is 0.439 e. The van der Waals surface area contributed by atoms with Crippen LogP contribution < -0.4 is 0 Å². The van der Waals surface area contributed by atoms with Gasteiger partial charge in [0.05, 0.1) is 0 Å². The van der Waals surface area contributed by atoms with E-state index in [0.717, 1.165) is 24.8 Å². The Bertz CT molecular complexity index is 991. The zero-order valence-corrected chi connectivity index (χ0v) is 17.7. The molecule has 2 heterocycles. The lowest BCUT2D eigenvalue weighted by Gasteiger charge is -2.32. The summed E-state index contributed by atoms with van der Waals surface area (Å²) in [6, 6.07) is 13.9. The summed E-state index contributed by atoms with van der Waals surface area (Å²) in [5.74, 6) is 0.226. The number of hydrogen-bond acceptors (Lipinski definition) is 5. The van der Waals surface area contributed by atoms with Crippen LogP contribution in [0.5, 0.6) is 0 Å². The maximum atomic E-state index is 13.1. The highest BCUT2D eigenvalue weighted by Crippen LogP contribution is 2.28. The molecule has 1 fully saturated rings. The molecule has 1 unspecified atom stereocenters. The molecule has 1 atom stereocenters. The smallest absolute Gasteiger partial charge is 0.410 e. The Balaban J connectivity index is 1.36.